The molecule has 1 atom stereocenters. The van der Waals surface area contributed by atoms with Gasteiger partial charge in [0, 0.05) is 50.0 Å². The maximum absolute atomic E-state index is 5.57. The molecule has 1 unspecified atom stereocenters. The summed E-state index contributed by atoms with van der Waals surface area (Å²) >= 11 is 0. The van der Waals surface area contributed by atoms with Gasteiger partial charge in [0.15, 0.2) is 0 Å². The molecule has 5 nitrogen and oxygen atoms in total. The van der Waals surface area contributed by atoms with Gasteiger partial charge in [0.1, 0.15) is 5.75 Å². The van der Waals surface area contributed by atoms with Gasteiger partial charge in [-0.05, 0) is 12.0 Å². The first kappa shape index (κ1) is 17.0. The summed E-state index contributed by atoms with van der Waals surface area (Å²) in [5, 5.41) is 8.02. The molecule has 0 bridgehead atoms. The highest BCUT2D eigenvalue weighted by Gasteiger charge is 2.26. The van der Waals surface area contributed by atoms with Crippen molar-refractivity contribution in [1.29, 1.82) is 0 Å². The standard InChI is InChI=1S/C19H28N4O/c1-15(2)12-23-14-16(10-21-23)13-22-9-8-20-11-18(22)17-6-4-5-7-19(17)24-3/h4-7,10,14-15,18,20H,8-9,11-13H2,1-3H3. The summed E-state index contributed by atoms with van der Waals surface area (Å²) in [6.07, 6.45) is 4.19. The Kier molecular flexibility index (Phi) is 5.53. The molecule has 1 saturated heterocycles. The van der Waals surface area contributed by atoms with Crippen LogP contribution in [0.3, 0.4) is 0 Å². The molecule has 1 aromatic heterocycles. The second kappa shape index (κ2) is 7.81. The van der Waals surface area contributed by atoms with Crippen molar-refractivity contribution in [3.8, 4) is 5.75 Å². The Bertz CT molecular complexity index is 652. The van der Waals surface area contributed by atoms with Gasteiger partial charge in [-0.2, -0.15) is 5.10 Å². The van der Waals surface area contributed by atoms with Gasteiger partial charge in [-0.1, -0.05) is 32.0 Å². The van der Waals surface area contributed by atoms with Crippen LogP contribution in [-0.4, -0.2) is 41.4 Å². The van der Waals surface area contributed by atoms with E-state index in [0.717, 1.165) is 38.5 Å². The van der Waals surface area contributed by atoms with E-state index in [9.17, 15) is 0 Å². The number of aromatic nitrogens is 2. The van der Waals surface area contributed by atoms with Crippen molar-refractivity contribution >= 4 is 0 Å². The predicted octanol–water partition coefficient (Wildman–Crippen LogP) is 2.69. The average molecular weight is 328 g/mol. The van der Waals surface area contributed by atoms with Gasteiger partial charge in [0.05, 0.1) is 19.3 Å². The zero-order chi connectivity index (χ0) is 16.9. The predicted molar refractivity (Wildman–Crippen MR) is 96.1 cm³/mol. The highest BCUT2D eigenvalue weighted by molar-refractivity contribution is 5.36. The van der Waals surface area contributed by atoms with Gasteiger partial charge in [0.2, 0.25) is 0 Å². The summed E-state index contributed by atoms with van der Waals surface area (Å²) in [5.74, 6) is 1.57. The van der Waals surface area contributed by atoms with Crippen molar-refractivity contribution in [3.63, 3.8) is 0 Å². The second-order valence-electron chi connectivity index (χ2n) is 6.90. The van der Waals surface area contributed by atoms with Gasteiger partial charge < -0.3 is 10.1 Å². The zero-order valence-electron chi connectivity index (χ0n) is 14.9. The van der Waals surface area contributed by atoms with Crippen molar-refractivity contribution in [1.82, 2.24) is 20.0 Å². The molecule has 0 spiro atoms. The van der Waals surface area contributed by atoms with Crippen LogP contribution in [0.1, 0.15) is 31.0 Å². The van der Waals surface area contributed by atoms with Gasteiger partial charge in [-0.15, -0.1) is 0 Å². The largest absolute Gasteiger partial charge is 0.496 e. The minimum absolute atomic E-state index is 0.323. The molecule has 0 saturated carbocycles. The lowest BCUT2D eigenvalue weighted by Gasteiger charge is -2.36. The molecule has 5 heteroatoms. The Hall–Kier alpha value is -1.85. The van der Waals surface area contributed by atoms with Crippen molar-refractivity contribution in [2.24, 2.45) is 5.92 Å². The molecular formula is C19H28N4O. The van der Waals surface area contributed by atoms with Crippen LogP contribution in [0.2, 0.25) is 0 Å². The Labute approximate surface area is 144 Å². The normalized spacial score (nSPS) is 18.9. The van der Waals surface area contributed by atoms with E-state index in [2.05, 4.69) is 52.2 Å². The maximum atomic E-state index is 5.57. The fraction of sp³-hybridized carbons (Fsp3) is 0.526. The molecule has 0 radical (unpaired) electrons. The van der Waals surface area contributed by atoms with Crippen LogP contribution in [-0.2, 0) is 13.1 Å². The van der Waals surface area contributed by atoms with E-state index in [-0.39, 0.29) is 0 Å². The molecule has 1 N–H and O–H groups in total. The molecule has 1 aliphatic heterocycles. The fourth-order valence-electron chi connectivity index (χ4n) is 3.38. The van der Waals surface area contributed by atoms with E-state index in [1.165, 1.54) is 11.1 Å². The summed E-state index contributed by atoms with van der Waals surface area (Å²) in [5.41, 5.74) is 2.53. The molecular weight excluding hydrogens is 300 g/mol. The number of methoxy groups -OCH3 is 1. The molecule has 1 aliphatic rings. The molecule has 1 aromatic carbocycles. The van der Waals surface area contributed by atoms with Crippen LogP contribution in [0.4, 0.5) is 0 Å². The molecule has 2 aromatic rings. The molecule has 0 aliphatic carbocycles. The minimum Gasteiger partial charge on any atom is -0.496 e. The summed E-state index contributed by atoms with van der Waals surface area (Å²) in [4.78, 5) is 2.52. The molecule has 2 heterocycles. The van der Waals surface area contributed by atoms with Crippen molar-refractivity contribution < 1.29 is 4.74 Å². The third-order valence-corrected chi connectivity index (χ3v) is 4.48. The number of hydrogen-bond donors (Lipinski definition) is 1. The number of hydrogen-bond acceptors (Lipinski definition) is 4. The smallest absolute Gasteiger partial charge is 0.123 e. The lowest BCUT2D eigenvalue weighted by Crippen LogP contribution is -2.45. The number of benzene rings is 1. The molecule has 1 fully saturated rings. The minimum atomic E-state index is 0.323. The number of rotatable bonds is 6. The Morgan fingerprint density at radius 1 is 1.33 bits per heavy atom. The van der Waals surface area contributed by atoms with Crippen LogP contribution in [0.25, 0.3) is 0 Å². The van der Waals surface area contributed by atoms with Crippen molar-refractivity contribution in [2.75, 3.05) is 26.7 Å². The number of piperazine rings is 1. The lowest BCUT2D eigenvalue weighted by atomic mass is 10.0. The summed E-state index contributed by atoms with van der Waals surface area (Å²) in [7, 11) is 1.75. The summed E-state index contributed by atoms with van der Waals surface area (Å²) in [6.45, 7) is 9.31. The van der Waals surface area contributed by atoms with E-state index in [4.69, 9.17) is 4.74 Å². The summed E-state index contributed by atoms with van der Waals surface area (Å²) < 4.78 is 7.63. The number of nitrogens with zero attached hydrogens (tertiary/aromatic N) is 3. The number of nitrogens with one attached hydrogen (secondary N) is 1. The Morgan fingerprint density at radius 2 is 2.17 bits per heavy atom. The quantitative estimate of drug-likeness (QED) is 0.885. The van der Waals surface area contributed by atoms with Crippen molar-refractivity contribution in [3.05, 3.63) is 47.8 Å². The third-order valence-electron chi connectivity index (χ3n) is 4.48. The van der Waals surface area contributed by atoms with E-state index < -0.39 is 0 Å². The highest BCUT2D eigenvalue weighted by atomic mass is 16.5. The van der Waals surface area contributed by atoms with Gasteiger partial charge in [0.25, 0.3) is 0 Å². The average Bonchev–Trinajstić information content (AvgIpc) is 3.01. The molecule has 130 valence electrons. The van der Waals surface area contributed by atoms with Crippen LogP contribution < -0.4 is 10.1 Å². The van der Waals surface area contributed by atoms with E-state index >= 15 is 0 Å². The fourth-order valence-corrected chi connectivity index (χ4v) is 3.38. The Morgan fingerprint density at radius 3 is 2.96 bits per heavy atom. The van der Waals surface area contributed by atoms with Gasteiger partial charge in [-0.25, -0.2) is 0 Å². The van der Waals surface area contributed by atoms with E-state index in [1.54, 1.807) is 7.11 Å². The molecule has 24 heavy (non-hydrogen) atoms. The van der Waals surface area contributed by atoms with E-state index in [0.29, 0.717) is 12.0 Å². The van der Waals surface area contributed by atoms with Crippen LogP contribution in [0, 0.1) is 5.92 Å². The number of ether oxygens (including phenoxy) is 1. The van der Waals surface area contributed by atoms with E-state index in [1.807, 2.05) is 18.3 Å². The first-order chi connectivity index (χ1) is 11.7. The molecule has 3 rings (SSSR count). The van der Waals surface area contributed by atoms with Crippen molar-refractivity contribution in [2.45, 2.75) is 33.0 Å². The zero-order valence-corrected chi connectivity index (χ0v) is 14.9. The lowest BCUT2D eigenvalue weighted by molar-refractivity contribution is 0.151. The second-order valence-corrected chi connectivity index (χ2v) is 6.90. The topological polar surface area (TPSA) is 42.3 Å². The van der Waals surface area contributed by atoms with Crippen LogP contribution in [0.15, 0.2) is 36.7 Å². The maximum Gasteiger partial charge on any atom is 0.123 e. The van der Waals surface area contributed by atoms with Crippen LogP contribution in [0.5, 0.6) is 5.75 Å². The summed E-state index contributed by atoms with van der Waals surface area (Å²) in [6, 6.07) is 8.65. The highest BCUT2D eigenvalue weighted by Crippen LogP contribution is 2.31. The monoisotopic (exact) mass is 328 g/mol. The first-order valence-corrected chi connectivity index (χ1v) is 8.76. The SMILES string of the molecule is COc1ccccc1C1CNCCN1Cc1cnn(CC(C)C)c1. The molecule has 0 amide bonds. The third kappa shape index (κ3) is 3.97. The van der Waals surface area contributed by atoms with Crippen LogP contribution >= 0.6 is 0 Å². The van der Waals surface area contributed by atoms with Gasteiger partial charge in [-0.3, -0.25) is 9.58 Å². The Balaban J connectivity index is 1.76. The van der Waals surface area contributed by atoms with Gasteiger partial charge >= 0.3 is 0 Å². The first-order valence-electron chi connectivity index (χ1n) is 8.76. The number of para-hydroxylation sites is 1.